The average molecular weight is 261 g/mol. The highest BCUT2D eigenvalue weighted by Gasteiger charge is 2.42. The molecular formula is C14H23N5. The highest BCUT2D eigenvalue weighted by molar-refractivity contribution is 5.02. The van der Waals surface area contributed by atoms with Gasteiger partial charge in [-0.25, -0.2) is 0 Å². The quantitative estimate of drug-likeness (QED) is 0.849. The summed E-state index contributed by atoms with van der Waals surface area (Å²) in [6, 6.07) is 0.677. The molecule has 5 nitrogen and oxygen atoms in total. The van der Waals surface area contributed by atoms with E-state index in [1.54, 1.807) is 0 Å². The number of aryl methyl sites for hydroxylation is 1. The lowest BCUT2D eigenvalue weighted by Crippen LogP contribution is -2.33. The molecule has 3 aliphatic rings. The molecule has 3 unspecified atom stereocenters. The number of hydrogen-bond donors (Lipinski definition) is 1. The van der Waals surface area contributed by atoms with Crippen LogP contribution in [-0.4, -0.2) is 45.3 Å². The monoisotopic (exact) mass is 261 g/mol. The van der Waals surface area contributed by atoms with Crippen LogP contribution in [0.25, 0.3) is 0 Å². The van der Waals surface area contributed by atoms with E-state index in [0.717, 1.165) is 31.3 Å². The Hall–Kier alpha value is -0.940. The van der Waals surface area contributed by atoms with Crippen LogP contribution in [0, 0.1) is 11.8 Å². The van der Waals surface area contributed by atoms with E-state index < -0.39 is 0 Å². The lowest BCUT2D eigenvalue weighted by atomic mass is 9.95. The molecular weight excluding hydrogens is 238 g/mol. The van der Waals surface area contributed by atoms with Gasteiger partial charge in [-0.1, -0.05) is 0 Å². The second-order valence-electron chi connectivity index (χ2n) is 6.39. The Labute approximate surface area is 114 Å². The predicted molar refractivity (Wildman–Crippen MR) is 72.7 cm³/mol. The van der Waals surface area contributed by atoms with Crippen molar-refractivity contribution in [1.82, 2.24) is 25.0 Å². The molecule has 5 heteroatoms. The van der Waals surface area contributed by atoms with E-state index in [9.17, 15) is 0 Å². The fourth-order valence-electron chi connectivity index (χ4n) is 4.13. The maximum atomic E-state index is 4.45. The van der Waals surface area contributed by atoms with Crippen LogP contribution in [0.15, 0.2) is 0 Å². The first kappa shape index (κ1) is 11.9. The van der Waals surface area contributed by atoms with E-state index >= 15 is 0 Å². The zero-order valence-corrected chi connectivity index (χ0v) is 11.7. The first-order valence-electron chi connectivity index (χ1n) is 7.68. The van der Waals surface area contributed by atoms with Crippen LogP contribution in [0.3, 0.4) is 0 Å². The van der Waals surface area contributed by atoms with E-state index in [1.807, 2.05) is 0 Å². The summed E-state index contributed by atoms with van der Waals surface area (Å²) in [6.07, 6.45) is 3.66. The van der Waals surface area contributed by atoms with Crippen molar-refractivity contribution in [2.24, 2.45) is 11.8 Å². The van der Waals surface area contributed by atoms with Gasteiger partial charge in [-0.2, -0.15) is 0 Å². The second kappa shape index (κ2) is 4.56. The molecule has 3 aliphatic heterocycles. The third-order valence-electron chi connectivity index (χ3n) is 5.34. The van der Waals surface area contributed by atoms with Crippen molar-refractivity contribution in [2.75, 3.05) is 19.6 Å². The molecule has 3 atom stereocenters. The fraction of sp³-hybridized carbons (Fsp3) is 0.857. The molecule has 0 amide bonds. The SMILES string of the molecule is CC1C2CNCC2CN1Cc1nnc2n1CCCC2. The molecule has 4 rings (SSSR count). The fourth-order valence-corrected chi connectivity index (χ4v) is 4.13. The molecule has 1 N–H and O–H groups in total. The lowest BCUT2D eigenvalue weighted by Gasteiger charge is -2.24. The third kappa shape index (κ3) is 1.91. The standard InChI is InChI=1S/C14H23N5/c1-10-12-7-15-6-11(12)8-18(10)9-14-17-16-13-4-2-3-5-19(13)14/h10-12,15H,2-9H2,1H3. The van der Waals surface area contributed by atoms with Crippen molar-refractivity contribution in [3.05, 3.63) is 11.6 Å². The predicted octanol–water partition coefficient (Wildman–Crippen LogP) is 0.654. The Bertz CT molecular complexity index is 468. The third-order valence-corrected chi connectivity index (χ3v) is 5.34. The Kier molecular flexibility index (Phi) is 2.84. The second-order valence-corrected chi connectivity index (χ2v) is 6.39. The largest absolute Gasteiger partial charge is 0.316 e. The van der Waals surface area contributed by atoms with Crippen LogP contribution < -0.4 is 5.32 Å². The molecule has 104 valence electrons. The highest BCUT2D eigenvalue weighted by atomic mass is 15.3. The van der Waals surface area contributed by atoms with Crippen molar-refractivity contribution in [3.63, 3.8) is 0 Å². The van der Waals surface area contributed by atoms with Gasteiger partial charge in [0.25, 0.3) is 0 Å². The van der Waals surface area contributed by atoms with Crippen molar-refractivity contribution in [1.29, 1.82) is 0 Å². The number of nitrogens with one attached hydrogen (secondary N) is 1. The van der Waals surface area contributed by atoms with Crippen molar-refractivity contribution in [3.8, 4) is 0 Å². The molecule has 0 bridgehead atoms. The number of likely N-dealkylation sites (tertiary alicyclic amines) is 1. The van der Waals surface area contributed by atoms with E-state index in [0.29, 0.717) is 6.04 Å². The van der Waals surface area contributed by atoms with Gasteiger partial charge < -0.3 is 9.88 Å². The van der Waals surface area contributed by atoms with E-state index in [4.69, 9.17) is 0 Å². The van der Waals surface area contributed by atoms with Crippen molar-refractivity contribution < 1.29 is 0 Å². The highest BCUT2D eigenvalue weighted by Crippen LogP contribution is 2.33. The number of nitrogens with zero attached hydrogens (tertiary/aromatic N) is 4. The van der Waals surface area contributed by atoms with E-state index in [1.165, 1.54) is 44.1 Å². The van der Waals surface area contributed by atoms with Crippen LogP contribution in [0.1, 0.15) is 31.4 Å². The maximum Gasteiger partial charge on any atom is 0.147 e. The summed E-state index contributed by atoms with van der Waals surface area (Å²) in [5.41, 5.74) is 0. The van der Waals surface area contributed by atoms with E-state index in [2.05, 4.69) is 31.9 Å². The zero-order valence-electron chi connectivity index (χ0n) is 11.7. The molecule has 0 saturated carbocycles. The Morgan fingerprint density at radius 2 is 2.21 bits per heavy atom. The van der Waals surface area contributed by atoms with Gasteiger partial charge in [0.2, 0.25) is 0 Å². The summed E-state index contributed by atoms with van der Waals surface area (Å²) in [6.45, 7) is 8.10. The summed E-state index contributed by atoms with van der Waals surface area (Å²) in [4.78, 5) is 2.61. The first-order chi connectivity index (χ1) is 9.33. The Morgan fingerprint density at radius 1 is 1.26 bits per heavy atom. The van der Waals surface area contributed by atoms with Crippen LogP contribution in [-0.2, 0) is 19.5 Å². The topological polar surface area (TPSA) is 46.0 Å². The minimum atomic E-state index is 0.677. The van der Waals surface area contributed by atoms with Crippen LogP contribution in [0.2, 0.25) is 0 Å². The van der Waals surface area contributed by atoms with Crippen LogP contribution >= 0.6 is 0 Å². The van der Waals surface area contributed by atoms with Gasteiger partial charge in [-0.15, -0.1) is 10.2 Å². The molecule has 2 saturated heterocycles. The van der Waals surface area contributed by atoms with E-state index in [-0.39, 0.29) is 0 Å². The maximum absolute atomic E-state index is 4.45. The van der Waals surface area contributed by atoms with Crippen LogP contribution in [0.5, 0.6) is 0 Å². The van der Waals surface area contributed by atoms with Crippen molar-refractivity contribution >= 4 is 0 Å². The normalized spacial score (nSPS) is 34.5. The van der Waals surface area contributed by atoms with Gasteiger partial charge >= 0.3 is 0 Å². The van der Waals surface area contributed by atoms with Gasteiger partial charge in [-0.3, -0.25) is 4.90 Å². The number of hydrogen-bond acceptors (Lipinski definition) is 4. The minimum absolute atomic E-state index is 0.677. The number of fused-ring (bicyclic) bond motifs is 2. The first-order valence-corrected chi connectivity index (χ1v) is 7.68. The number of aromatic nitrogens is 3. The molecule has 0 aliphatic carbocycles. The molecule has 19 heavy (non-hydrogen) atoms. The van der Waals surface area contributed by atoms with Crippen molar-refractivity contribution in [2.45, 2.75) is 45.3 Å². The molecule has 1 aromatic rings. The molecule has 1 aromatic heterocycles. The minimum Gasteiger partial charge on any atom is -0.316 e. The molecule has 0 aromatic carbocycles. The molecule has 4 heterocycles. The van der Waals surface area contributed by atoms with Gasteiger partial charge in [0.1, 0.15) is 11.6 Å². The average Bonchev–Trinajstić information content (AvgIpc) is 3.10. The summed E-state index contributed by atoms with van der Waals surface area (Å²) >= 11 is 0. The number of rotatable bonds is 2. The smallest absolute Gasteiger partial charge is 0.147 e. The zero-order chi connectivity index (χ0) is 12.8. The Morgan fingerprint density at radius 3 is 3.11 bits per heavy atom. The summed E-state index contributed by atoms with van der Waals surface area (Å²) in [5.74, 6) is 4.08. The lowest BCUT2D eigenvalue weighted by molar-refractivity contribution is 0.222. The van der Waals surface area contributed by atoms with Gasteiger partial charge in [0.05, 0.1) is 6.54 Å². The molecule has 0 spiro atoms. The van der Waals surface area contributed by atoms with Gasteiger partial charge in [0.15, 0.2) is 0 Å². The van der Waals surface area contributed by atoms with Crippen LogP contribution in [0.4, 0.5) is 0 Å². The summed E-state index contributed by atoms with van der Waals surface area (Å²) < 4.78 is 2.36. The molecule has 0 radical (unpaired) electrons. The van der Waals surface area contributed by atoms with Gasteiger partial charge in [-0.05, 0) is 44.7 Å². The Balaban J connectivity index is 1.51. The summed E-state index contributed by atoms with van der Waals surface area (Å²) in [7, 11) is 0. The molecule has 2 fully saturated rings. The van der Waals surface area contributed by atoms with Gasteiger partial charge in [0, 0.05) is 25.6 Å². The summed E-state index contributed by atoms with van der Waals surface area (Å²) in [5, 5.41) is 12.3.